The minimum atomic E-state index is -0.404. The van der Waals surface area contributed by atoms with Crippen molar-refractivity contribution in [2.75, 3.05) is 0 Å². The van der Waals surface area contributed by atoms with Crippen LogP contribution in [0, 0.1) is 0 Å². The van der Waals surface area contributed by atoms with Crippen molar-refractivity contribution < 1.29 is 8.83 Å². The SMILES string of the molecule is C=C(NC(/N=C(\C)c1cccc2oc3cc(-c4cc5ccccc5c5oc6ccccc6c45)ccc3c12)c1ccc(-c2ccccc2)cc1)c1ccc2ccccc2c1. The van der Waals surface area contributed by atoms with Crippen molar-refractivity contribution in [1.29, 1.82) is 0 Å². The highest BCUT2D eigenvalue weighted by molar-refractivity contribution is 6.22. The van der Waals surface area contributed by atoms with Gasteiger partial charge in [-0.05, 0) is 92.9 Å². The maximum absolute atomic E-state index is 6.67. The van der Waals surface area contributed by atoms with E-state index >= 15 is 0 Å². The molecule has 0 aliphatic heterocycles. The molecule has 0 fully saturated rings. The van der Waals surface area contributed by atoms with Gasteiger partial charge >= 0.3 is 0 Å². The molecule has 0 saturated heterocycles. The van der Waals surface area contributed by atoms with E-state index in [1.807, 2.05) is 24.3 Å². The first kappa shape index (κ1) is 34.5. The van der Waals surface area contributed by atoms with Crippen LogP contribution in [0.15, 0.2) is 208 Å². The summed E-state index contributed by atoms with van der Waals surface area (Å²) in [7, 11) is 0. The van der Waals surface area contributed by atoms with E-state index < -0.39 is 6.17 Å². The lowest BCUT2D eigenvalue weighted by Gasteiger charge is -2.20. The molecule has 0 spiro atoms. The first-order chi connectivity index (χ1) is 29.1. The van der Waals surface area contributed by atoms with Crippen LogP contribution in [0.5, 0.6) is 0 Å². The third kappa shape index (κ3) is 6.05. The number of aliphatic imine (C=N–C) groups is 1. The van der Waals surface area contributed by atoms with Crippen LogP contribution in [-0.4, -0.2) is 5.71 Å². The summed E-state index contributed by atoms with van der Waals surface area (Å²) < 4.78 is 13.2. The van der Waals surface area contributed by atoms with E-state index in [4.69, 9.17) is 13.8 Å². The van der Waals surface area contributed by atoms with Crippen LogP contribution in [0.2, 0.25) is 0 Å². The van der Waals surface area contributed by atoms with Crippen LogP contribution in [0.25, 0.3) is 93.4 Å². The molecule has 0 bridgehead atoms. The molecule has 280 valence electrons. The fraction of sp³-hybridized carbons (Fsp3) is 0.0364. The average Bonchev–Trinajstić information content (AvgIpc) is 3.88. The van der Waals surface area contributed by atoms with Crippen molar-refractivity contribution in [2.24, 2.45) is 4.99 Å². The van der Waals surface area contributed by atoms with Crippen molar-refractivity contribution in [3.05, 3.63) is 211 Å². The van der Waals surface area contributed by atoms with Crippen LogP contribution in [0.4, 0.5) is 0 Å². The fourth-order valence-corrected chi connectivity index (χ4v) is 8.65. The molecule has 0 saturated carbocycles. The summed E-state index contributed by atoms with van der Waals surface area (Å²) in [5.41, 5.74) is 12.7. The van der Waals surface area contributed by atoms with E-state index in [-0.39, 0.29) is 0 Å². The van der Waals surface area contributed by atoms with Crippen molar-refractivity contribution in [3.8, 4) is 22.3 Å². The minimum Gasteiger partial charge on any atom is -0.456 e. The number of nitrogens with one attached hydrogen (secondary N) is 1. The molecule has 4 nitrogen and oxygen atoms in total. The van der Waals surface area contributed by atoms with E-state index in [9.17, 15) is 0 Å². The monoisotopic (exact) mass is 758 g/mol. The number of furan rings is 2. The molecule has 2 heterocycles. The highest BCUT2D eigenvalue weighted by atomic mass is 16.3. The molecule has 0 radical (unpaired) electrons. The predicted octanol–water partition coefficient (Wildman–Crippen LogP) is 14.9. The highest BCUT2D eigenvalue weighted by Gasteiger charge is 2.20. The molecular weight excluding hydrogens is 721 g/mol. The minimum absolute atomic E-state index is 0.404. The third-order valence-electron chi connectivity index (χ3n) is 11.6. The zero-order chi connectivity index (χ0) is 39.5. The van der Waals surface area contributed by atoms with Gasteiger partial charge in [-0.15, -0.1) is 0 Å². The van der Waals surface area contributed by atoms with Gasteiger partial charge < -0.3 is 14.2 Å². The first-order valence-electron chi connectivity index (χ1n) is 20.0. The Morgan fingerprint density at radius 2 is 1.19 bits per heavy atom. The molecule has 11 rings (SSSR count). The van der Waals surface area contributed by atoms with Gasteiger partial charge in [0.15, 0.2) is 0 Å². The van der Waals surface area contributed by atoms with Crippen LogP contribution in [0.3, 0.4) is 0 Å². The average molecular weight is 759 g/mol. The second kappa shape index (κ2) is 14.0. The van der Waals surface area contributed by atoms with Crippen LogP contribution < -0.4 is 5.32 Å². The van der Waals surface area contributed by atoms with Gasteiger partial charge in [0.2, 0.25) is 0 Å². The summed E-state index contributed by atoms with van der Waals surface area (Å²) >= 11 is 0. The summed E-state index contributed by atoms with van der Waals surface area (Å²) in [5, 5.41) is 12.6. The molecule has 1 atom stereocenters. The molecule has 2 aromatic heterocycles. The van der Waals surface area contributed by atoms with Crippen molar-refractivity contribution in [1.82, 2.24) is 5.32 Å². The molecule has 1 unspecified atom stereocenters. The van der Waals surface area contributed by atoms with Gasteiger partial charge in [-0.1, -0.05) is 158 Å². The Hall–Kier alpha value is -7.69. The number of nitrogens with zero attached hydrogens (tertiary/aromatic N) is 1. The zero-order valence-corrected chi connectivity index (χ0v) is 32.4. The summed E-state index contributed by atoms with van der Waals surface area (Å²) in [6.07, 6.45) is -0.404. The Morgan fingerprint density at radius 3 is 2.03 bits per heavy atom. The number of fused-ring (bicyclic) bond motifs is 9. The van der Waals surface area contributed by atoms with Gasteiger partial charge in [-0.3, -0.25) is 4.99 Å². The largest absolute Gasteiger partial charge is 0.456 e. The van der Waals surface area contributed by atoms with Crippen molar-refractivity contribution in [2.45, 2.75) is 13.1 Å². The molecular formula is C55H38N2O2. The number of rotatable bonds is 8. The number of para-hydroxylation sites is 1. The predicted molar refractivity (Wildman–Crippen MR) is 247 cm³/mol. The second-order valence-corrected chi connectivity index (χ2v) is 15.2. The Morgan fingerprint density at radius 1 is 0.508 bits per heavy atom. The van der Waals surface area contributed by atoms with Gasteiger partial charge in [0.25, 0.3) is 0 Å². The lowest BCUT2D eigenvalue weighted by atomic mass is 9.94. The maximum atomic E-state index is 6.67. The van der Waals surface area contributed by atoms with E-state index in [1.54, 1.807) is 0 Å². The van der Waals surface area contributed by atoms with Crippen LogP contribution in [0.1, 0.15) is 29.8 Å². The highest BCUT2D eigenvalue weighted by Crippen LogP contribution is 2.43. The number of hydrogen-bond donors (Lipinski definition) is 1. The Bertz CT molecular complexity index is 3440. The summed E-state index contributed by atoms with van der Waals surface area (Å²) in [6, 6.07) is 65.7. The second-order valence-electron chi connectivity index (χ2n) is 15.2. The van der Waals surface area contributed by atoms with Gasteiger partial charge in [0.1, 0.15) is 28.5 Å². The number of benzene rings is 9. The van der Waals surface area contributed by atoms with E-state index in [0.717, 1.165) is 99.4 Å². The first-order valence-corrected chi connectivity index (χ1v) is 20.0. The lowest BCUT2D eigenvalue weighted by molar-refractivity contribution is 0.668. The van der Waals surface area contributed by atoms with Crippen LogP contribution >= 0.6 is 0 Å². The molecule has 0 aliphatic carbocycles. The lowest BCUT2D eigenvalue weighted by Crippen LogP contribution is -2.19. The van der Waals surface area contributed by atoms with Gasteiger partial charge in [-0.2, -0.15) is 0 Å². The zero-order valence-electron chi connectivity index (χ0n) is 32.4. The fourth-order valence-electron chi connectivity index (χ4n) is 8.65. The molecule has 4 heteroatoms. The molecule has 59 heavy (non-hydrogen) atoms. The molecule has 0 amide bonds. The van der Waals surface area contributed by atoms with Gasteiger partial charge in [0, 0.05) is 43.9 Å². The molecule has 9 aromatic carbocycles. The summed E-state index contributed by atoms with van der Waals surface area (Å²) in [6.45, 7) is 6.59. The summed E-state index contributed by atoms with van der Waals surface area (Å²) in [5.74, 6) is 0. The Kier molecular flexibility index (Phi) is 8.23. The molecule has 0 aliphatic rings. The van der Waals surface area contributed by atoms with E-state index in [2.05, 4.69) is 183 Å². The molecule has 11 aromatic rings. The van der Waals surface area contributed by atoms with Gasteiger partial charge in [0.05, 0.1) is 0 Å². The van der Waals surface area contributed by atoms with E-state index in [0.29, 0.717) is 0 Å². The Labute approximate surface area is 341 Å². The van der Waals surface area contributed by atoms with Crippen molar-refractivity contribution >= 4 is 76.8 Å². The topological polar surface area (TPSA) is 50.7 Å². The molecule has 1 N–H and O–H groups in total. The van der Waals surface area contributed by atoms with E-state index in [1.165, 1.54) is 16.3 Å². The normalized spacial score (nSPS) is 12.6. The van der Waals surface area contributed by atoms with Gasteiger partial charge in [-0.25, -0.2) is 0 Å². The number of hydrogen-bond acceptors (Lipinski definition) is 4. The standard InChI is InChI=1S/C55H38N2O2/c1-34(40-28-25-37-15-6-7-16-41(37)31-40)56-55(39-26-23-38(24-27-39)36-13-4-3-5-14-36)57-35(2)44-20-12-22-50-52(44)47-30-29-43(33-51(47)58-50)48-32-42-17-8-9-18-45(42)54-53(48)46-19-10-11-21-49(46)59-54/h3-33,55-56H,1H2,2H3/b57-35+. The third-order valence-corrected chi connectivity index (χ3v) is 11.6. The smallest absolute Gasteiger partial charge is 0.145 e. The quantitative estimate of drug-likeness (QED) is 0.157. The summed E-state index contributed by atoms with van der Waals surface area (Å²) in [4.78, 5) is 5.43. The van der Waals surface area contributed by atoms with Crippen molar-refractivity contribution in [3.63, 3.8) is 0 Å². The Balaban J connectivity index is 1.01. The van der Waals surface area contributed by atoms with Crippen LogP contribution in [-0.2, 0) is 0 Å². The maximum Gasteiger partial charge on any atom is 0.145 e.